The van der Waals surface area contributed by atoms with Crippen molar-refractivity contribution in [3.05, 3.63) is 23.0 Å². The number of carbonyl (C=O) groups is 1. The van der Waals surface area contributed by atoms with Crippen LogP contribution < -0.4 is 0 Å². The molecule has 0 aromatic carbocycles. The molecule has 1 aromatic heterocycles. The molecule has 4 nitrogen and oxygen atoms in total. The van der Waals surface area contributed by atoms with Crippen molar-refractivity contribution in [2.75, 3.05) is 0 Å². The van der Waals surface area contributed by atoms with E-state index in [9.17, 15) is 9.90 Å². The topological polar surface area (TPSA) is 66.0 Å². The molecule has 1 aromatic rings. The summed E-state index contributed by atoms with van der Waals surface area (Å²) in [6.45, 7) is 8.64. The van der Waals surface area contributed by atoms with E-state index in [0.29, 0.717) is 30.1 Å². The van der Waals surface area contributed by atoms with E-state index in [1.807, 2.05) is 6.20 Å². The summed E-state index contributed by atoms with van der Waals surface area (Å²) in [4.78, 5) is 12.4. The van der Waals surface area contributed by atoms with Crippen LogP contribution in [-0.4, -0.2) is 26.7 Å². The maximum Gasteiger partial charge on any atom is 0.161 e. The largest absolute Gasteiger partial charge is 0.382 e. The van der Waals surface area contributed by atoms with Gasteiger partial charge in [0.1, 0.15) is 5.60 Å². The Kier molecular flexibility index (Phi) is 3.49. The predicted octanol–water partition coefficient (Wildman–Crippen LogP) is 4.16. The van der Waals surface area contributed by atoms with E-state index in [2.05, 4.69) is 37.0 Å². The Morgan fingerprint density at radius 2 is 2.00 bits per heavy atom. The Morgan fingerprint density at radius 1 is 1.26 bits per heavy atom. The average molecular weight is 369 g/mol. The first kappa shape index (κ1) is 17.7. The molecule has 4 aliphatic rings. The van der Waals surface area contributed by atoms with Gasteiger partial charge in [-0.1, -0.05) is 26.3 Å². The number of hydrogen-bond donors (Lipinski definition) is 2. The van der Waals surface area contributed by atoms with Crippen LogP contribution >= 0.6 is 0 Å². The number of rotatable bonds is 1. The fourth-order valence-corrected chi connectivity index (χ4v) is 7.99. The minimum absolute atomic E-state index is 0.0256. The van der Waals surface area contributed by atoms with Gasteiger partial charge < -0.3 is 5.11 Å². The predicted molar refractivity (Wildman–Crippen MR) is 105 cm³/mol. The van der Waals surface area contributed by atoms with Crippen LogP contribution in [0.5, 0.6) is 0 Å². The highest BCUT2D eigenvalue weighted by Crippen LogP contribution is 2.68. The molecule has 3 saturated carbocycles. The molecule has 0 bridgehead atoms. The molecule has 0 aliphatic heterocycles. The van der Waals surface area contributed by atoms with Gasteiger partial charge in [-0.2, -0.15) is 5.10 Å². The molecule has 0 spiro atoms. The molecule has 0 saturated heterocycles. The lowest BCUT2D eigenvalue weighted by Gasteiger charge is -2.60. The van der Waals surface area contributed by atoms with Gasteiger partial charge in [-0.3, -0.25) is 9.89 Å². The van der Waals surface area contributed by atoms with Crippen molar-refractivity contribution in [3.63, 3.8) is 0 Å². The fourth-order valence-electron chi connectivity index (χ4n) is 7.99. The molecular weight excluding hydrogens is 336 g/mol. The Morgan fingerprint density at radius 3 is 2.74 bits per heavy atom. The summed E-state index contributed by atoms with van der Waals surface area (Å²) in [5, 5.41) is 18.8. The minimum Gasteiger partial charge on any atom is -0.382 e. The smallest absolute Gasteiger partial charge is 0.161 e. The van der Waals surface area contributed by atoms with Gasteiger partial charge in [-0.15, -0.1) is 0 Å². The van der Waals surface area contributed by atoms with E-state index in [-0.39, 0.29) is 16.6 Å². The van der Waals surface area contributed by atoms with Crippen LogP contribution in [-0.2, 0) is 11.2 Å². The van der Waals surface area contributed by atoms with Crippen LogP contribution in [0.4, 0.5) is 0 Å². The second kappa shape index (κ2) is 5.34. The highest BCUT2D eigenvalue weighted by atomic mass is 16.3. The molecule has 1 heterocycles. The number of Topliss-reactive ketones (excluding diaryl/α,β-unsaturated/α-hetero) is 1. The zero-order valence-electron chi connectivity index (χ0n) is 17.0. The number of H-pyrrole nitrogens is 1. The fraction of sp³-hybridized carbons (Fsp3) is 0.739. The number of nitrogens with zero attached hydrogens (tertiary/aromatic N) is 1. The molecule has 5 rings (SSSR count). The molecule has 7 atom stereocenters. The Hall–Kier alpha value is -1.42. The summed E-state index contributed by atoms with van der Waals surface area (Å²) in [5.74, 6) is 2.21. The van der Waals surface area contributed by atoms with Gasteiger partial charge in [0.25, 0.3) is 0 Å². The van der Waals surface area contributed by atoms with Crippen LogP contribution in [0.25, 0.3) is 6.08 Å². The zero-order valence-corrected chi connectivity index (χ0v) is 17.0. The summed E-state index contributed by atoms with van der Waals surface area (Å²) < 4.78 is 0. The maximum atomic E-state index is 12.4. The second-order valence-corrected chi connectivity index (χ2v) is 10.4. The number of carbonyl (C=O) groups excluding carboxylic acids is 1. The van der Waals surface area contributed by atoms with Crippen molar-refractivity contribution in [2.45, 2.75) is 71.8 Å². The molecule has 146 valence electrons. The minimum atomic E-state index is -1.12. The van der Waals surface area contributed by atoms with Gasteiger partial charge in [0.05, 0.1) is 11.9 Å². The van der Waals surface area contributed by atoms with E-state index in [4.69, 9.17) is 0 Å². The summed E-state index contributed by atoms with van der Waals surface area (Å²) in [6, 6.07) is 0. The van der Waals surface area contributed by atoms with Crippen LogP contribution in [0.15, 0.2) is 11.8 Å². The molecule has 4 aliphatic carbocycles. The normalized spacial score (nSPS) is 48.1. The Bertz CT molecular complexity index is 841. The monoisotopic (exact) mass is 368 g/mol. The number of nitrogens with one attached hydrogen (secondary N) is 1. The first-order chi connectivity index (χ1) is 12.7. The van der Waals surface area contributed by atoms with Gasteiger partial charge in [-0.05, 0) is 86.2 Å². The van der Waals surface area contributed by atoms with Gasteiger partial charge >= 0.3 is 0 Å². The third-order valence-corrected chi connectivity index (χ3v) is 9.41. The van der Waals surface area contributed by atoms with E-state index >= 15 is 0 Å². The lowest BCUT2D eigenvalue weighted by Crippen LogP contribution is -2.58. The summed E-state index contributed by atoms with van der Waals surface area (Å²) in [6.07, 6.45) is 10.3. The van der Waals surface area contributed by atoms with Crippen molar-refractivity contribution in [3.8, 4) is 0 Å². The molecular formula is C23H32N2O2. The number of allylic oxidation sites excluding steroid dienone is 1. The highest BCUT2D eigenvalue weighted by molar-refractivity contribution is 5.86. The molecule has 3 fully saturated rings. The number of aliphatic hydroxyl groups is 1. The van der Waals surface area contributed by atoms with Gasteiger partial charge in [0, 0.05) is 5.41 Å². The standard InChI is InChI=1S/C23H32N2O2/c1-13-9-16-17(21(3)11-15-12-24-25-20(15)10-19(13)21)5-7-22(4)18(16)6-8-23(22,27)14(2)26/h10,12-13,16-18,27H,5-9,11H2,1-4H3,(H,24,25)/t13-,16+,17-,18-,21+,22-,23-/m0/s1. The lowest BCUT2D eigenvalue weighted by molar-refractivity contribution is -0.160. The van der Waals surface area contributed by atoms with Crippen molar-refractivity contribution < 1.29 is 9.90 Å². The quantitative estimate of drug-likeness (QED) is 0.782. The lowest BCUT2D eigenvalue weighted by atomic mass is 9.44. The third kappa shape index (κ3) is 2.03. The molecule has 0 amide bonds. The molecule has 2 N–H and O–H groups in total. The van der Waals surface area contributed by atoms with Crippen molar-refractivity contribution in [2.24, 2.45) is 34.5 Å². The van der Waals surface area contributed by atoms with Crippen LogP contribution in [0.3, 0.4) is 0 Å². The molecule has 0 radical (unpaired) electrons. The third-order valence-electron chi connectivity index (χ3n) is 9.41. The van der Waals surface area contributed by atoms with E-state index in [1.54, 1.807) is 12.5 Å². The number of aromatic amines is 1. The summed E-state index contributed by atoms with van der Waals surface area (Å²) in [5.41, 5.74) is 2.93. The summed E-state index contributed by atoms with van der Waals surface area (Å²) in [7, 11) is 0. The Labute approximate surface area is 161 Å². The van der Waals surface area contributed by atoms with E-state index in [1.165, 1.54) is 17.7 Å². The SMILES string of the molecule is CC(=O)[C@@]1(O)CC[C@H]2[C@@H]3C[C@H](C)C4=Cc5[nH]ncc5C[C@]4(C)[C@H]3CC[C@@]21C. The molecule has 0 unspecified atom stereocenters. The van der Waals surface area contributed by atoms with E-state index in [0.717, 1.165) is 25.7 Å². The maximum absolute atomic E-state index is 12.4. The first-order valence-corrected chi connectivity index (χ1v) is 10.7. The molecule has 27 heavy (non-hydrogen) atoms. The van der Waals surface area contributed by atoms with Gasteiger partial charge in [0.2, 0.25) is 0 Å². The van der Waals surface area contributed by atoms with Gasteiger partial charge in [-0.25, -0.2) is 0 Å². The van der Waals surface area contributed by atoms with Gasteiger partial charge in [0.15, 0.2) is 5.78 Å². The van der Waals surface area contributed by atoms with Crippen LogP contribution in [0, 0.1) is 34.5 Å². The number of ketones is 1. The van der Waals surface area contributed by atoms with Crippen LogP contribution in [0.1, 0.15) is 71.1 Å². The number of aromatic nitrogens is 2. The number of hydrogen-bond acceptors (Lipinski definition) is 3. The van der Waals surface area contributed by atoms with Crippen molar-refractivity contribution in [1.29, 1.82) is 0 Å². The molecule has 4 heteroatoms. The average Bonchev–Trinajstić information content (AvgIpc) is 3.16. The number of fused-ring (bicyclic) bond motifs is 6. The first-order valence-electron chi connectivity index (χ1n) is 10.7. The highest BCUT2D eigenvalue weighted by Gasteiger charge is 2.66. The van der Waals surface area contributed by atoms with E-state index < -0.39 is 5.60 Å². The van der Waals surface area contributed by atoms with Crippen molar-refractivity contribution in [1.82, 2.24) is 10.2 Å². The summed E-state index contributed by atoms with van der Waals surface area (Å²) >= 11 is 0. The Balaban J connectivity index is 1.56. The van der Waals surface area contributed by atoms with Crippen molar-refractivity contribution >= 4 is 11.9 Å². The van der Waals surface area contributed by atoms with Crippen LogP contribution in [0.2, 0.25) is 0 Å². The zero-order chi connectivity index (χ0) is 19.2. The second-order valence-electron chi connectivity index (χ2n) is 10.4.